The van der Waals surface area contributed by atoms with Crippen LogP contribution in [0, 0.1) is 12.8 Å². The number of benzene rings is 1. The first kappa shape index (κ1) is 20.9. The van der Waals surface area contributed by atoms with E-state index in [0.29, 0.717) is 5.92 Å². The molecule has 0 unspecified atom stereocenters. The maximum Gasteiger partial charge on any atom is 0.373 e. The zero-order valence-corrected chi connectivity index (χ0v) is 16.3. The number of carbonyl (C=O) groups excluding carboxylic acids is 2. The lowest BCUT2D eigenvalue weighted by Gasteiger charge is -2.29. The van der Waals surface area contributed by atoms with E-state index in [0.717, 1.165) is 72.3 Å². The van der Waals surface area contributed by atoms with Gasteiger partial charge < -0.3 is 15.2 Å². The molecule has 1 heterocycles. The number of fused-ring (bicyclic) bond motifs is 1. The van der Waals surface area contributed by atoms with Crippen LogP contribution in [0.2, 0.25) is 0 Å². The maximum absolute atomic E-state index is 8.12. The normalized spacial score (nSPS) is 19.1. The molecule has 0 radical (unpaired) electrons. The Bertz CT molecular complexity index is 792. The molecule has 2 aromatic rings. The minimum atomic E-state index is 0.250. The first-order valence-corrected chi connectivity index (χ1v) is 9.38. The predicted octanol–water partition coefficient (Wildman–Crippen LogP) is 3.69. The number of nitrogens with two attached hydrogens (primary N) is 1. The molecule has 3 rings (SSSR count). The van der Waals surface area contributed by atoms with Crippen LogP contribution in [-0.4, -0.2) is 31.0 Å². The molecule has 0 saturated heterocycles. The van der Waals surface area contributed by atoms with Gasteiger partial charge in [0.2, 0.25) is 0 Å². The number of ether oxygens (including phenoxy) is 2. The van der Waals surface area contributed by atoms with Crippen molar-refractivity contribution in [3.05, 3.63) is 29.5 Å². The molecule has 2 N–H and O–H groups in total. The van der Waals surface area contributed by atoms with Gasteiger partial charge in [0.15, 0.2) is 0 Å². The molecule has 27 heavy (non-hydrogen) atoms. The molecule has 0 spiro atoms. The third-order valence-electron chi connectivity index (χ3n) is 5.17. The van der Waals surface area contributed by atoms with Crippen molar-refractivity contribution in [2.24, 2.45) is 5.92 Å². The Kier molecular flexibility index (Phi) is 7.77. The summed E-state index contributed by atoms with van der Waals surface area (Å²) in [5, 5.41) is 0.971. The van der Waals surface area contributed by atoms with Crippen LogP contribution in [0.4, 0.5) is 5.69 Å². The highest BCUT2D eigenvalue weighted by atomic mass is 16.5. The summed E-state index contributed by atoms with van der Waals surface area (Å²) in [6.45, 7) is 5.00. The lowest BCUT2D eigenvalue weighted by molar-refractivity contribution is -0.191. The molecule has 0 bridgehead atoms. The molecule has 1 aliphatic rings. The van der Waals surface area contributed by atoms with Gasteiger partial charge in [-0.05, 0) is 62.6 Å². The standard InChI is InChI=1S/C20H28N2O2.CO2/c1-4-16-13(2)22-17-6-5-7-18(19(17)20(16)21)24-15-10-8-14(9-11-15)12-23-3;2-1-3/h5-7,14-15H,4,8-12H2,1-3H3,(H2,21,22);. The Morgan fingerprint density at radius 3 is 2.48 bits per heavy atom. The van der Waals surface area contributed by atoms with Crippen molar-refractivity contribution in [2.45, 2.75) is 52.1 Å². The highest BCUT2D eigenvalue weighted by molar-refractivity contribution is 5.97. The van der Waals surface area contributed by atoms with E-state index in [1.165, 1.54) is 0 Å². The van der Waals surface area contributed by atoms with Gasteiger partial charge in [-0.1, -0.05) is 13.0 Å². The molecular weight excluding hydrogens is 344 g/mol. The monoisotopic (exact) mass is 372 g/mol. The number of hydrogen-bond donors (Lipinski definition) is 1. The van der Waals surface area contributed by atoms with E-state index >= 15 is 0 Å². The topological polar surface area (TPSA) is 91.5 Å². The average Bonchev–Trinajstić information content (AvgIpc) is 2.64. The van der Waals surface area contributed by atoms with Crippen molar-refractivity contribution in [2.75, 3.05) is 19.5 Å². The summed E-state index contributed by atoms with van der Waals surface area (Å²) < 4.78 is 11.6. The lowest BCUT2D eigenvalue weighted by Crippen LogP contribution is -2.26. The highest BCUT2D eigenvalue weighted by Gasteiger charge is 2.23. The van der Waals surface area contributed by atoms with E-state index in [1.807, 2.05) is 25.1 Å². The molecule has 0 atom stereocenters. The number of nitrogens with zero attached hydrogens (tertiary/aromatic N) is 1. The van der Waals surface area contributed by atoms with Crippen LogP contribution in [0.5, 0.6) is 5.75 Å². The molecule has 6 heteroatoms. The molecule has 1 aromatic carbocycles. The maximum atomic E-state index is 8.12. The van der Waals surface area contributed by atoms with Gasteiger partial charge in [-0.2, -0.15) is 9.59 Å². The van der Waals surface area contributed by atoms with Crippen LogP contribution >= 0.6 is 0 Å². The second kappa shape index (κ2) is 10.0. The van der Waals surface area contributed by atoms with E-state index in [-0.39, 0.29) is 12.3 Å². The average molecular weight is 372 g/mol. The van der Waals surface area contributed by atoms with Gasteiger partial charge >= 0.3 is 6.15 Å². The van der Waals surface area contributed by atoms with Gasteiger partial charge in [-0.15, -0.1) is 0 Å². The predicted molar refractivity (Wildman–Crippen MR) is 104 cm³/mol. The summed E-state index contributed by atoms with van der Waals surface area (Å²) in [5.41, 5.74) is 10.3. The first-order chi connectivity index (χ1) is 13.0. The summed E-state index contributed by atoms with van der Waals surface area (Å²) in [6, 6.07) is 6.04. The molecule has 1 aromatic heterocycles. The minimum Gasteiger partial charge on any atom is -0.490 e. The van der Waals surface area contributed by atoms with Crippen molar-refractivity contribution in [3.8, 4) is 5.75 Å². The van der Waals surface area contributed by atoms with Crippen LogP contribution < -0.4 is 10.5 Å². The zero-order chi connectivity index (χ0) is 19.8. The van der Waals surface area contributed by atoms with Crippen LogP contribution in [-0.2, 0) is 20.7 Å². The molecular formula is C21H28N2O4. The summed E-state index contributed by atoms with van der Waals surface area (Å²) in [6.07, 6.45) is 5.87. The fourth-order valence-corrected chi connectivity index (χ4v) is 3.85. The number of methoxy groups -OCH3 is 1. The number of aromatic nitrogens is 1. The van der Waals surface area contributed by atoms with Crippen LogP contribution in [0.15, 0.2) is 18.2 Å². The molecule has 0 amide bonds. The summed E-state index contributed by atoms with van der Waals surface area (Å²) in [5.74, 6) is 1.55. The van der Waals surface area contributed by atoms with Crippen molar-refractivity contribution in [1.82, 2.24) is 4.98 Å². The largest absolute Gasteiger partial charge is 0.490 e. The van der Waals surface area contributed by atoms with E-state index in [2.05, 4.69) is 6.92 Å². The van der Waals surface area contributed by atoms with E-state index in [1.54, 1.807) is 7.11 Å². The Labute approximate surface area is 160 Å². The van der Waals surface area contributed by atoms with E-state index in [4.69, 9.17) is 29.8 Å². The van der Waals surface area contributed by atoms with E-state index in [9.17, 15) is 0 Å². The number of anilines is 1. The van der Waals surface area contributed by atoms with Gasteiger partial charge in [-0.3, -0.25) is 4.98 Å². The zero-order valence-electron chi connectivity index (χ0n) is 16.3. The number of pyridine rings is 1. The smallest absolute Gasteiger partial charge is 0.373 e. The lowest BCUT2D eigenvalue weighted by atomic mass is 9.88. The Hall–Kier alpha value is -2.43. The third-order valence-corrected chi connectivity index (χ3v) is 5.17. The quantitative estimate of drug-likeness (QED) is 0.861. The minimum absolute atomic E-state index is 0.250. The Balaban J connectivity index is 0.000000817. The van der Waals surface area contributed by atoms with Gasteiger partial charge in [0.05, 0.1) is 17.0 Å². The van der Waals surface area contributed by atoms with Crippen LogP contribution in [0.25, 0.3) is 10.9 Å². The fraction of sp³-hybridized carbons (Fsp3) is 0.524. The molecule has 0 aliphatic heterocycles. The SMILES string of the molecule is CCc1c(C)nc2cccc(OC3CCC(COC)CC3)c2c1N.O=C=O. The Morgan fingerprint density at radius 1 is 1.22 bits per heavy atom. The third kappa shape index (κ3) is 5.06. The highest BCUT2D eigenvalue weighted by Crippen LogP contribution is 2.36. The number of hydrogen-bond acceptors (Lipinski definition) is 6. The number of nitrogen functional groups attached to an aromatic ring is 1. The van der Waals surface area contributed by atoms with Gasteiger partial charge in [0.1, 0.15) is 5.75 Å². The van der Waals surface area contributed by atoms with Crippen molar-refractivity contribution < 1.29 is 19.1 Å². The summed E-state index contributed by atoms with van der Waals surface area (Å²) >= 11 is 0. The van der Waals surface area contributed by atoms with Crippen molar-refractivity contribution in [3.63, 3.8) is 0 Å². The first-order valence-electron chi connectivity index (χ1n) is 9.38. The van der Waals surface area contributed by atoms with Gasteiger partial charge in [0, 0.05) is 25.1 Å². The summed E-state index contributed by atoms with van der Waals surface area (Å²) in [4.78, 5) is 21.0. The van der Waals surface area contributed by atoms with Crippen LogP contribution in [0.1, 0.15) is 43.9 Å². The van der Waals surface area contributed by atoms with Gasteiger partial charge in [0.25, 0.3) is 0 Å². The number of rotatable bonds is 5. The second-order valence-corrected chi connectivity index (χ2v) is 6.89. The van der Waals surface area contributed by atoms with Crippen LogP contribution in [0.3, 0.4) is 0 Å². The van der Waals surface area contributed by atoms with Gasteiger partial charge in [-0.25, -0.2) is 0 Å². The molecule has 6 nitrogen and oxygen atoms in total. The van der Waals surface area contributed by atoms with Crippen molar-refractivity contribution in [1.29, 1.82) is 0 Å². The number of aryl methyl sites for hydroxylation is 1. The molecule has 1 fully saturated rings. The second-order valence-electron chi connectivity index (χ2n) is 6.89. The molecule has 146 valence electrons. The molecule has 1 saturated carbocycles. The fourth-order valence-electron chi connectivity index (χ4n) is 3.85. The van der Waals surface area contributed by atoms with E-state index < -0.39 is 0 Å². The summed E-state index contributed by atoms with van der Waals surface area (Å²) in [7, 11) is 1.78. The Morgan fingerprint density at radius 2 is 1.89 bits per heavy atom. The molecule has 1 aliphatic carbocycles. The van der Waals surface area contributed by atoms with Crippen molar-refractivity contribution >= 4 is 22.7 Å².